The number of carbonyl (C=O) groups is 1. The zero-order valence-electron chi connectivity index (χ0n) is 11.5. The smallest absolute Gasteiger partial charge is 0.257 e. The Morgan fingerprint density at radius 2 is 2.40 bits per heavy atom. The van der Waals surface area contributed by atoms with Crippen LogP contribution in [0.4, 0.5) is 10.2 Å². The molecular weight excluding hydrogens is 265 g/mol. The van der Waals surface area contributed by atoms with Crippen LogP contribution in [0.5, 0.6) is 0 Å². The van der Waals surface area contributed by atoms with E-state index in [9.17, 15) is 14.3 Å². The predicted octanol–water partition coefficient (Wildman–Crippen LogP) is 0.415. The van der Waals surface area contributed by atoms with Gasteiger partial charge in [-0.3, -0.25) is 4.79 Å². The van der Waals surface area contributed by atoms with Crippen molar-refractivity contribution < 1.29 is 19.0 Å². The van der Waals surface area contributed by atoms with Crippen molar-refractivity contribution in [3.05, 3.63) is 23.6 Å². The van der Waals surface area contributed by atoms with E-state index in [1.807, 2.05) is 13.8 Å². The number of aromatic nitrogens is 1. The van der Waals surface area contributed by atoms with Gasteiger partial charge in [0.05, 0.1) is 23.9 Å². The third kappa shape index (κ3) is 2.88. The molecule has 1 atom stereocenters. The van der Waals surface area contributed by atoms with Gasteiger partial charge in [-0.15, -0.1) is 0 Å². The summed E-state index contributed by atoms with van der Waals surface area (Å²) in [6.45, 7) is 3.94. The largest absolute Gasteiger partial charge is 0.394 e. The van der Waals surface area contributed by atoms with E-state index in [1.165, 1.54) is 17.2 Å². The number of rotatable bonds is 2. The average molecular weight is 283 g/mol. The van der Waals surface area contributed by atoms with E-state index in [4.69, 9.17) is 10.5 Å². The van der Waals surface area contributed by atoms with Gasteiger partial charge in [0.2, 0.25) is 0 Å². The number of hydrogen-bond donors (Lipinski definition) is 2. The lowest BCUT2D eigenvalue weighted by Gasteiger charge is -2.42. The van der Waals surface area contributed by atoms with Crippen LogP contribution >= 0.6 is 0 Å². The maximum atomic E-state index is 13.9. The standard InChI is InChI=1S/C13H18FN3O3/c1-13(2)7-17(5-8(6-18)20-13)12(19)9-3-4-16-11(15)10(9)14/h3-4,8,18H,5-7H2,1-2H3,(H2,15,16). The number of anilines is 1. The molecule has 0 aliphatic carbocycles. The van der Waals surface area contributed by atoms with Gasteiger partial charge in [-0.1, -0.05) is 0 Å². The first-order valence-corrected chi connectivity index (χ1v) is 6.32. The first-order chi connectivity index (χ1) is 9.34. The summed E-state index contributed by atoms with van der Waals surface area (Å²) in [5.74, 6) is -1.60. The third-order valence-corrected chi connectivity index (χ3v) is 3.12. The highest BCUT2D eigenvalue weighted by Crippen LogP contribution is 2.23. The van der Waals surface area contributed by atoms with Gasteiger partial charge in [-0.05, 0) is 19.9 Å². The third-order valence-electron chi connectivity index (χ3n) is 3.12. The van der Waals surface area contributed by atoms with Crippen molar-refractivity contribution in [2.45, 2.75) is 25.6 Å². The van der Waals surface area contributed by atoms with Crippen LogP contribution in [0.1, 0.15) is 24.2 Å². The Hall–Kier alpha value is -1.73. The van der Waals surface area contributed by atoms with Gasteiger partial charge in [0.1, 0.15) is 0 Å². The highest BCUT2D eigenvalue weighted by atomic mass is 19.1. The molecule has 1 unspecified atom stereocenters. The van der Waals surface area contributed by atoms with Gasteiger partial charge >= 0.3 is 0 Å². The minimum atomic E-state index is -0.817. The van der Waals surface area contributed by atoms with Crippen LogP contribution in [-0.2, 0) is 4.74 Å². The molecular formula is C13H18FN3O3. The first kappa shape index (κ1) is 14.7. The minimum absolute atomic E-state index is 0.119. The molecule has 2 heterocycles. The molecule has 1 aromatic rings. The zero-order valence-corrected chi connectivity index (χ0v) is 11.5. The second-order valence-electron chi connectivity index (χ2n) is 5.43. The maximum Gasteiger partial charge on any atom is 0.257 e. The normalized spacial score (nSPS) is 21.8. The Morgan fingerprint density at radius 1 is 1.70 bits per heavy atom. The number of nitrogens with zero attached hydrogens (tertiary/aromatic N) is 2. The molecule has 20 heavy (non-hydrogen) atoms. The summed E-state index contributed by atoms with van der Waals surface area (Å²) in [5.41, 5.74) is 4.65. The molecule has 3 N–H and O–H groups in total. The zero-order chi connectivity index (χ0) is 14.9. The van der Waals surface area contributed by atoms with E-state index >= 15 is 0 Å². The Morgan fingerprint density at radius 3 is 3.05 bits per heavy atom. The van der Waals surface area contributed by atoms with Crippen molar-refractivity contribution in [1.82, 2.24) is 9.88 Å². The number of nitrogens with two attached hydrogens (primary N) is 1. The quantitative estimate of drug-likeness (QED) is 0.821. The van der Waals surface area contributed by atoms with Gasteiger partial charge in [0.25, 0.3) is 5.91 Å². The number of nitrogen functional groups attached to an aromatic ring is 1. The van der Waals surface area contributed by atoms with Crippen LogP contribution in [0, 0.1) is 5.82 Å². The molecule has 0 saturated carbocycles. The van der Waals surface area contributed by atoms with Crippen molar-refractivity contribution >= 4 is 11.7 Å². The minimum Gasteiger partial charge on any atom is -0.394 e. The molecule has 0 spiro atoms. The Balaban J connectivity index is 2.26. The fraction of sp³-hybridized carbons (Fsp3) is 0.538. The lowest BCUT2D eigenvalue weighted by molar-refractivity contribution is -0.139. The van der Waals surface area contributed by atoms with Crippen molar-refractivity contribution in [3.63, 3.8) is 0 Å². The molecule has 1 fully saturated rings. The number of ether oxygens (including phenoxy) is 1. The average Bonchev–Trinajstić information content (AvgIpc) is 2.39. The molecule has 1 aliphatic rings. The fourth-order valence-corrected chi connectivity index (χ4v) is 2.34. The molecule has 6 nitrogen and oxygen atoms in total. The SMILES string of the molecule is CC1(C)CN(C(=O)c2ccnc(N)c2F)CC(CO)O1. The topological polar surface area (TPSA) is 88.7 Å². The molecule has 0 aromatic carbocycles. The number of aliphatic hydroxyl groups excluding tert-OH is 1. The van der Waals surface area contributed by atoms with E-state index in [1.54, 1.807) is 0 Å². The molecule has 7 heteroatoms. The summed E-state index contributed by atoms with van der Waals surface area (Å²) in [7, 11) is 0. The molecule has 110 valence electrons. The molecule has 1 aromatic heterocycles. The molecule has 0 bridgehead atoms. The fourth-order valence-electron chi connectivity index (χ4n) is 2.34. The molecule has 1 amide bonds. The summed E-state index contributed by atoms with van der Waals surface area (Å²) in [4.78, 5) is 17.4. The van der Waals surface area contributed by atoms with E-state index in [2.05, 4.69) is 4.98 Å². The van der Waals surface area contributed by atoms with Crippen LogP contribution in [0.25, 0.3) is 0 Å². The Kier molecular flexibility index (Phi) is 3.92. The van der Waals surface area contributed by atoms with Crippen molar-refractivity contribution in [1.29, 1.82) is 0 Å². The van der Waals surface area contributed by atoms with Crippen LogP contribution in [0.3, 0.4) is 0 Å². The Bertz CT molecular complexity index is 522. The lowest BCUT2D eigenvalue weighted by Crippen LogP contribution is -2.55. The lowest BCUT2D eigenvalue weighted by atomic mass is 10.0. The van der Waals surface area contributed by atoms with Crippen molar-refractivity contribution in [2.75, 3.05) is 25.4 Å². The van der Waals surface area contributed by atoms with E-state index in [0.717, 1.165) is 0 Å². The van der Waals surface area contributed by atoms with Crippen LogP contribution in [0.15, 0.2) is 12.3 Å². The summed E-state index contributed by atoms with van der Waals surface area (Å²) >= 11 is 0. The number of aliphatic hydroxyl groups is 1. The van der Waals surface area contributed by atoms with Gasteiger partial charge in [0.15, 0.2) is 11.6 Å². The van der Waals surface area contributed by atoms with Crippen molar-refractivity contribution in [2.24, 2.45) is 0 Å². The van der Waals surface area contributed by atoms with Gasteiger partial charge in [0, 0.05) is 19.3 Å². The summed E-state index contributed by atoms with van der Waals surface area (Å²) in [6.07, 6.45) is 0.811. The summed E-state index contributed by atoms with van der Waals surface area (Å²) < 4.78 is 19.5. The van der Waals surface area contributed by atoms with E-state index in [-0.39, 0.29) is 24.5 Å². The van der Waals surface area contributed by atoms with E-state index in [0.29, 0.717) is 6.54 Å². The number of hydrogen-bond acceptors (Lipinski definition) is 5. The first-order valence-electron chi connectivity index (χ1n) is 6.32. The molecule has 2 rings (SSSR count). The predicted molar refractivity (Wildman–Crippen MR) is 70.5 cm³/mol. The van der Waals surface area contributed by atoms with E-state index < -0.39 is 23.4 Å². The Labute approximate surface area is 116 Å². The van der Waals surface area contributed by atoms with Gasteiger partial charge in [-0.25, -0.2) is 9.37 Å². The second-order valence-corrected chi connectivity index (χ2v) is 5.43. The molecule has 1 saturated heterocycles. The number of morpholine rings is 1. The highest BCUT2D eigenvalue weighted by Gasteiger charge is 2.36. The summed E-state index contributed by atoms with van der Waals surface area (Å²) in [6, 6.07) is 1.30. The van der Waals surface area contributed by atoms with Crippen LogP contribution < -0.4 is 5.73 Å². The molecule has 0 radical (unpaired) electrons. The number of pyridine rings is 1. The monoisotopic (exact) mass is 283 g/mol. The van der Waals surface area contributed by atoms with Gasteiger partial charge in [-0.2, -0.15) is 0 Å². The number of halogens is 1. The van der Waals surface area contributed by atoms with Crippen LogP contribution in [-0.4, -0.2) is 52.3 Å². The number of amides is 1. The summed E-state index contributed by atoms with van der Waals surface area (Å²) in [5, 5.41) is 9.23. The maximum absolute atomic E-state index is 13.9. The molecule has 1 aliphatic heterocycles. The number of carbonyl (C=O) groups excluding carboxylic acids is 1. The highest BCUT2D eigenvalue weighted by molar-refractivity contribution is 5.95. The van der Waals surface area contributed by atoms with Crippen LogP contribution in [0.2, 0.25) is 0 Å². The van der Waals surface area contributed by atoms with Crippen molar-refractivity contribution in [3.8, 4) is 0 Å². The van der Waals surface area contributed by atoms with Gasteiger partial charge < -0.3 is 20.5 Å². The second kappa shape index (κ2) is 5.34.